The molecule has 0 aromatic heterocycles. The van der Waals surface area contributed by atoms with E-state index in [0.29, 0.717) is 5.56 Å². The Labute approximate surface area is 106 Å². The average molecular weight is 251 g/mol. The quantitative estimate of drug-likeness (QED) is 0.565. The van der Waals surface area contributed by atoms with E-state index in [1.165, 1.54) is 14.0 Å². The lowest BCUT2D eigenvalue weighted by Crippen LogP contribution is -2.47. The number of methoxy groups -OCH3 is 1. The molecule has 0 saturated heterocycles. The number of carbonyl (C=O) groups is 2. The average Bonchev–Trinajstić information content (AvgIpc) is 2.39. The Hall–Kier alpha value is -1.72. The Balaban J connectivity index is 2.58. The van der Waals surface area contributed by atoms with Gasteiger partial charge in [0.15, 0.2) is 5.78 Å². The lowest BCUT2D eigenvalue weighted by molar-refractivity contribution is -0.145. The molecular weight excluding hydrogens is 234 g/mol. The predicted molar refractivity (Wildman–Crippen MR) is 66.3 cm³/mol. The number of ether oxygens (including phenoxy) is 1. The van der Waals surface area contributed by atoms with Crippen molar-refractivity contribution < 1.29 is 19.4 Å². The van der Waals surface area contributed by atoms with Crippen LogP contribution in [0.3, 0.4) is 0 Å². The number of aliphatic hydroxyl groups excluding tert-OH is 1. The summed E-state index contributed by atoms with van der Waals surface area (Å²) in [5, 5.41) is 12.1. The number of benzene rings is 1. The molecule has 98 valence electrons. The zero-order valence-electron chi connectivity index (χ0n) is 10.4. The van der Waals surface area contributed by atoms with E-state index in [1.807, 2.05) is 6.07 Å². The summed E-state index contributed by atoms with van der Waals surface area (Å²) in [6.07, 6.45) is -0.930. The molecule has 0 aliphatic carbocycles. The normalized spacial score (nSPS) is 13.7. The van der Waals surface area contributed by atoms with Gasteiger partial charge in [-0.15, -0.1) is 0 Å². The smallest absolute Gasteiger partial charge is 0.325 e. The van der Waals surface area contributed by atoms with Gasteiger partial charge in [0.25, 0.3) is 0 Å². The molecule has 2 unspecified atom stereocenters. The third kappa shape index (κ3) is 3.94. The third-order valence-corrected chi connectivity index (χ3v) is 2.52. The molecule has 2 atom stereocenters. The summed E-state index contributed by atoms with van der Waals surface area (Å²) < 4.78 is 4.54. The van der Waals surface area contributed by atoms with E-state index in [2.05, 4.69) is 10.1 Å². The van der Waals surface area contributed by atoms with Crippen LogP contribution in [-0.2, 0) is 9.53 Å². The zero-order chi connectivity index (χ0) is 13.5. The summed E-state index contributed by atoms with van der Waals surface area (Å²) >= 11 is 0. The molecule has 0 fully saturated rings. The fourth-order valence-corrected chi connectivity index (χ4v) is 1.51. The van der Waals surface area contributed by atoms with Gasteiger partial charge >= 0.3 is 5.97 Å². The molecular formula is C13H17NO4. The van der Waals surface area contributed by atoms with Crippen LogP contribution < -0.4 is 5.32 Å². The molecule has 0 heterocycles. The van der Waals surface area contributed by atoms with Crippen molar-refractivity contribution in [1.82, 2.24) is 5.32 Å². The van der Waals surface area contributed by atoms with Crippen molar-refractivity contribution in [1.29, 1.82) is 0 Å². The van der Waals surface area contributed by atoms with Gasteiger partial charge in [0.1, 0.15) is 6.04 Å². The topological polar surface area (TPSA) is 75.6 Å². The summed E-state index contributed by atoms with van der Waals surface area (Å²) in [4.78, 5) is 23.1. The number of ketones is 1. The molecule has 1 aromatic rings. The molecule has 5 heteroatoms. The van der Waals surface area contributed by atoms with Crippen molar-refractivity contribution in [2.45, 2.75) is 19.1 Å². The Morgan fingerprint density at radius 1 is 1.33 bits per heavy atom. The van der Waals surface area contributed by atoms with E-state index in [4.69, 9.17) is 0 Å². The summed E-state index contributed by atoms with van der Waals surface area (Å²) in [5.74, 6) is -0.740. The molecule has 0 aliphatic heterocycles. The molecule has 0 radical (unpaired) electrons. The number of aliphatic hydroxyl groups is 1. The molecule has 18 heavy (non-hydrogen) atoms. The van der Waals surface area contributed by atoms with Crippen molar-refractivity contribution in [3.05, 3.63) is 35.9 Å². The lowest BCUT2D eigenvalue weighted by atomic mass is 10.1. The Kier molecular flexibility index (Phi) is 5.48. The molecule has 1 rings (SSSR count). The fourth-order valence-electron chi connectivity index (χ4n) is 1.51. The first kappa shape index (κ1) is 14.3. The maximum absolute atomic E-state index is 11.8. The van der Waals surface area contributed by atoms with Crippen molar-refractivity contribution in [2.24, 2.45) is 0 Å². The third-order valence-electron chi connectivity index (χ3n) is 2.52. The van der Waals surface area contributed by atoms with Gasteiger partial charge in [0.2, 0.25) is 0 Å². The fraction of sp³-hybridized carbons (Fsp3) is 0.385. The van der Waals surface area contributed by atoms with Gasteiger partial charge in [-0.2, -0.15) is 0 Å². The van der Waals surface area contributed by atoms with E-state index in [-0.39, 0.29) is 12.3 Å². The van der Waals surface area contributed by atoms with Crippen LogP contribution in [0.5, 0.6) is 0 Å². The summed E-state index contributed by atoms with van der Waals surface area (Å²) in [6, 6.07) is 7.83. The van der Waals surface area contributed by atoms with Gasteiger partial charge in [-0.05, 0) is 6.92 Å². The standard InChI is InChI=1S/C13H17NO4/c1-9(15)12(13(17)18-2)14-8-11(16)10-6-4-3-5-7-10/h3-7,9,12,14-15H,8H2,1-2H3. The number of hydrogen-bond acceptors (Lipinski definition) is 5. The Morgan fingerprint density at radius 3 is 2.44 bits per heavy atom. The minimum Gasteiger partial charge on any atom is -0.468 e. The number of nitrogens with one attached hydrogen (secondary N) is 1. The second-order valence-electron chi connectivity index (χ2n) is 3.91. The molecule has 1 aromatic carbocycles. The molecule has 0 spiro atoms. The van der Waals surface area contributed by atoms with Gasteiger partial charge in [0, 0.05) is 5.56 Å². The highest BCUT2D eigenvalue weighted by atomic mass is 16.5. The maximum Gasteiger partial charge on any atom is 0.325 e. The largest absolute Gasteiger partial charge is 0.468 e. The molecule has 0 amide bonds. The molecule has 2 N–H and O–H groups in total. The van der Waals surface area contributed by atoms with E-state index < -0.39 is 18.1 Å². The minimum atomic E-state index is -0.930. The van der Waals surface area contributed by atoms with Crippen molar-refractivity contribution in [2.75, 3.05) is 13.7 Å². The van der Waals surface area contributed by atoms with Crippen LogP contribution in [0.4, 0.5) is 0 Å². The van der Waals surface area contributed by atoms with E-state index >= 15 is 0 Å². The highest BCUT2D eigenvalue weighted by molar-refractivity contribution is 5.97. The Bertz CT molecular complexity index is 403. The highest BCUT2D eigenvalue weighted by Crippen LogP contribution is 2.01. The zero-order valence-corrected chi connectivity index (χ0v) is 10.4. The first-order valence-electron chi connectivity index (χ1n) is 5.63. The van der Waals surface area contributed by atoms with Crippen LogP contribution in [0.1, 0.15) is 17.3 Å². The first-order valence-corrected chi connectivity index (χ1v) is 5.63. The van der Waals surface area contributed by atoms with Crippen LogP contribution in [0.25, 0.3) is 0 Å². The van der Waals surface area contributed by atoms with E-state index in [1.54, 1.807) is 24.3 Å². The van der Waals surface area contributed by atoms with Gasteiger partial charge in [-0.1, -0.05) is 30.3 Å². The molecule has 5 nitrogen and oxygen atoms in total. The second-order valence-corrected chi connectivity index (χ2v) is 3.91. The number of esters is 1. The van der Waals surface area contributed by atoms with Gasteiger partial charge < -0.3 is 9.84 Å². The number of rotatable bonds is 6. The van der Waals surface area contributed by atoms with Crippen LogP contribution in [0.15, 0.2) is 30.3 Å². The maximum atomic E-state index is 11.8. The predicted octanol–water partition coefficient (Wildman–Crippen LogP) is 0.381. The number of hydrogen-bond donors (Lipinski definition) is 2. The second kappa shape index (κ2) is 6.88. The van der Waals surface area contributed by atoms with Crippen molar-refractivity contribution in [3.63, 3.8) is 0 Å². The summed E-state index contributed by atoms with van der Waals surface area (Å²) in [7, 11) is 1.23. The first-order chi connectivity index (χ1) is 8.56. The number of carbonyl (C=O) groups excluding carboxylic acids is 2. The SMILES string of the molecule is COC(=O)C(NCC(=O)c1ccccc1)C(C)O. The van der Waals surface area contributed by atoms with Gasteiger partial charge in [-0.25, -0.2) is 0 Å². The van der Waals surface area contributed by atoms with E-state index in [9.17, 15) is 14.7 Å². The van der Waals surface area contributed by atoms with Crippen molar-refractivity contribution >= 4 is 11.8 Å². The van der Waals surface area contributed by atoms with Gasteiger partial charge in [-0.3, -0.25) is 14.9 Å². The lowest BCUT2D eigenvalue weighted by Gasteiger charge is -2.18. The van der Waals surface area contributed by atoms with Gasteiger partial charge in [0.05, 0.1) is 19.8 Å². The Morgan fingerprint density at radius 2 is 1.94 bits per heavy atom. The monoisotopic (exact) mass is 251 g/mol. The molecule has 0 saturated carbocycles. The van der Waals surface area contributed by atoms with Crippen molar-refractivity contribution in [3.8, 4) is 0 Å². The molecule has 0 aliphatic rings. The number of Topliss-reactive ketones (excluding diaryl/α,β-unsaturated/α-hetero) is 1. The highest BCUT2D eigenvalue weighted by Gasteiger charge is 2.24. The van der Waals surface area contributed by atoms with Crippen LogP contribution in [0, 0.1) is 0 Å². The van der Waals surface area contributed by atoms with Crippen LogP contribution in [-0.4, -0.2) is 42.7 Å². The summed E-state index contributed by atoms with van der Waals surface area (Å²) in [6.45, 7) is 1.43. The molecule has 0 bridgehead atoms. The van der Waals surface area contributed by atoms with Crippen LogP contribution in [0.2, 0.25) is 0 Å². The van der Waals surface area contributed by atoms with Crippen LogP contribution >= 0.6 is 0 Å². The summed E-state index contributed by atoms with van der Waals surface area (Å²) in [5.41, 5.74) is 0.555. The van der Waals surface area contributed by atoms with E-state index in [0.717, 1.165) is 0 Å². The minimum absolute atomic E-state index is 0.0331.